The Morgan fingerprint density at radius 2 is 2.30 bits per heavy atom. The van der Waals surface area contributed by atoms with Gasteiger partial charge in [0.2, 0.25) is 0 Å². The van der Waals surface area contributed by atoms with Crippen LogP contribution in [0.25, 0.3) is 0 Å². The van der Waals surface area contributed by atoms with Crippen LogP contribution in [0.1, 0.15) is 0 Å². The lowest BCUT2D eigenvalue weighted by Crippen LogP contribution is -1.91. The van der Waals surface area contributed by atoms with E-state index in [1.165, 1.54) is 6.07 Å². The molecule has 0 fully saturated rings. The second-order valence-electron chi connectivity index (χ2n) is 1.53. The molecule has 54 valence electrons. The first-order chi connectivity index (χ1) is 4.70. The third-order valence-corrected chi connectivity index (χ3v) is 1.87. The van der Waals surface area contributed by atoms with Crippen LogP contribution in [-0.2, 0) is 11.1 Å². The lowest BCUT2D eigenvalue weighted by atomic mass is 10.5. The van der Waals surface area contributed by atoms with Crippen molar-refractivity contribution in [3.8, 4) is 0 Å². The maximum absolute atomic E-state index is 10.3. The smallest absolute Gasteiger partial charge is 0.114 e. The molecular weight excluding hydrogens is 218 g/mol. The largest absolute Gasteiger partial charge is 0.767 e. The van der Waals surface area contributed by atoms with Gasteiger partial charge in [-0.05, 0) is 39.1 Å². The average molecular weight is 221 g/mol. The summed E-state index contributed by atoms with van der Waals surface area (Å²) in [5, 5.41) is 0.0503. The van der Waals surface area contributed by atoms with Crippen LogP contribution in [0.2, 0.25) is 0 Å². The van der Waals surface area contributed by atoms with E-state index in [2.05, 4.69) is 20.9 Å². The van der Waals surface area contributed by atoms with Crippen molar-refractivity contribution < 1.29 is 8.76 Å². The van der Waals surface area contributed by atoms with Crippen LogP contribution in [0.4, 0.5) is 0 Å². The summed E-state index contributed by atoms with van der Waals surface area (Å²) in [6, 6.07) is 4.70. The third-order valence-electron chi connectivity index (χ3n) is 0.860. The zero-order valence-electron chi connectivity index (χ0n) is 4.78. The Bertz CT molecular complexity index is 266. The molecule has 0 aliphatic heterocycles. The van der Waals surface area contributed by atoms with Gasteiger partial charge in [-0.15, -0.1) is 0 Å². The number of halogens is 1. The van der Waals surface area contributed by atoms with Gasteiger partial charge in [-0.1, -0.05) is 6.07 Å². The van der Waals surface area contributed by atoms with E-state index in [1.807, 2.05) is 0 Å². The zero-order chi connectivity index (χ0) is 7.56. The van der Waals surface area contributed by atoms with Crippen molar-refractivity contribution in [2.24, 2.45) is 0 Å². The standard InChI is InChI=1S/C5H4BrNO2S/c6-4-2-1-3-5(7-4)10(8)9/h1-3H,(H,8,9)/p-1. The van der Waals surface area contributed by atoms with Gasteiger partial charge in [0, 0.05) is 0 Å². The van der Waals surface area contributed by atoms with Crippen LogP contribution in [0.15, 0.2) is 27.8 Å². The summed E-state index contributed by atoms with van der Waals surface area (Å²) in [6.45, 7) is 0. The Balaban J connectivity index is 3.07. The fourth-order valence-corrected chi connectivity index (χ4v) is 1.31. The van der Waals surface area contributed by atoms with Gasteiger partial charge in [-0.2, -0.15) is 0 Å². The van der Waals surface area contributed by atoms with Gasteiger partial charge in [-0.25, -0.2) is 4.98 Å². The molecule has 0 aliphatic rings. The molecule has 1 heterocycles. The molecule has 0 N–H and O–H groups in total. The molecule has 1 atom stereocenters. The van der Waals surface area contributed by atoms with E-state index in [9.17, 15) is 8.76 Å². The van der Waals surface area contributed by atoms with E-state index in [-0.39, 0.29) is 5.03 Å². The van der Waals surface area contributed by atoms with Crippen molar-refractivity contribution in [2.45, 2.75) is 5.03 Å². The van der Waals surface area contributed by atoms with Gasteiger partial charge in [0.1, 0.15) is 9.63 Å². The molecular formula is C5H3BrNO2S-. The fraction of sp³-hybridized carbons (Fsp3) is 0. The number of hydrogen-bond acceptors (Lipinski definition) is 3. The molecule has 1 rings (SSSR count). The third kappa shape index (κ3) is 1.86. The van der Waals surface area contributed by atoms with Gasteiger partial charge >= 0.3 is 0 Å². The predicted molar refractivity (Wildman–Crippen MR) is 39.1 cm³/mol. The second kappa shape index (κ2) is 3.23. The Morgan fingerprint density at radius 3 is 2.70 bits per heavy atom. The Hall–Kier alpha value is -0.260. The maximum Gasteiger partial charge on any atom is 0.114 e. The summed E-state index contributed by atoms with van der Waals surface area (Å²) < 4.78 is 21.1. The topological polar surface area (TPSA) is 53.0 Å². The van der Waals surface area contributed by atoms with Crippen LogP contribution in [-0.4, -0.2) is 13.7 Å². The first-order valence-corrected chi connectivity index (χ1v) is 4.29. The Kier molecular flexibility index (Phi) is 2.53. The first-order valence-electron chi connectivity index (χ1n) is 2.42. The lowest BCUT2D eigenvalue weighted by Gasteiger charge is -2.02. The summed E-state index contributed by atoms with van der Waals surface area (Å²) in [4.78, 5) is 3.68. The highest BCUT2D eigenvalue weighted by atomic mass is 79.9. The van der Waals surface area contributed by atoms with E-state index < -0.39 is 11.1 Å². The molecule has 1 aromatic rings. The van der Waals surface area contributed by atoms with Gasteiger partial charge in [0.15, 0.2) is 0 Å². The van der Waals surface area contributed by atoms with Crippen molar-refractivity contribution in [1.29, 1.82) is 0 Å². The quantitative estimate of drug-likeness (QED) is 0.526. The molecule has 0 aromatic carbocycles. The SMILES string of the molecule is O=S([O-])c1cccc(Br)n1. The Labute approximate surface area is 68.9 Å². The van der Waals surface area contributed by atoms with E-state index in [1.54, 1.807) is 12.1 Å². The van der Waals surface area contributed by atoms with Gasteiger partial charge in [0.25, 0.3) is 0 Å². The molecule has 0 aliphatic carbocycles. The maximum atomic E-state index is 10.3. The fourth-order valence-electron chi connectivity index (χ4n) is 0.482. The summed E-state index contributed by atoms with van der Waals surface area (Å²) in [6.07, 6.45) is 0. The summed E-state index contributed by atoms with van der Waals surface area (Å²) in [5.74, 6) is 0. The molecule has 0 spiro atoms. The average Bonchev–Trinajstić information content (AvgIpc) is 1.88. The predicted octanol–water partition coefficient (Wildman–Crippen LogP) is 1.08. The molecule has 1 aromatic heterocycles. The molecule has 5 heteroatoms. The number of nitrogens with zero attached hydrogens (tertiary/aromatic N) is 1. The highest BCUT2D eigenvalue weighted by Gasteiger charge is 1.92. The van der Waals surface area contributed by atoms with Crippen molar-refractivity contribution in [1.82, 2.24) is 4.98 Å². The van der Waals surface area contributed by atoms with Gasteiger partial charge < -0.3 is 4.55 Å². The Morgan fingerprint density at radius 1 is 1.60 bits per heavy atom. The number of pyridine rings is 1. The monoisotopic (exact) mass is 220 g/mol. The minimum absolute atomic E-state index is 0.0503. The van der Waals surface area contributed by atoms with E-state index in [4.69, 9.17) is 0 Å². The van der Waals surface area contributed by atoms with Crippen LogP contribution >= 0.6 is 15.9 Å². The van der Waals surface area contributed by atoms with Crippen molar-refractivity contribution in [2.75, 3.05) is 0 Å². The van der Waals surface area contributed by atoms with E-state index >= 15 is 0 Å². The van der Waals surface area contributed by atoms with Gasteiger partial charge in [0.05, 0.1) is 0 Å². The molecule has 1 unspecified atom stereocenters. The summed E-state index contributed by atoms with van der Waals surface area (Å²) in [5.41, 5.74) is 0. The molecule has 3 nitrogen and oxygen atoms in total. The molecule has 0 saturated carbocycles. The normalized spacial score (nSPS) is 13.0. The number of hydrogen-bond donors (Lipinski definition) is 0. The lowest BCUT2D eigenvalue weighted by molar-refractivity contribution is 0.533. The highest BCUT2D eigenvalue weighted by molar-refractivity contribution is 9.10. The second-order valence-corrected chi connectivity index (χ2v) is 3.23. The zero-order valence-corrected chi connectivity index (χ0v) is 7.18. The summed E-state index contributed by atoms with van der Waals surface area (Å²) in [7, 11) is 0. The highest BCUT2D eigenvalue weighted by Crippen LogP contribution is 2.07. The molecule has 0 saturated heterocycles. The minimum Gasteiger partial charge on any atom is -0.767 e. The number of aromatic nitrogens is 1. The summed E-state index contributed by atoms with van der Waals surface area (Å²) >= 11 is 0.816. The van der Waals surface area contributed by atoms with Crippen molar-refractivity contribution >= 4 is 27.0 Å². The minimum atomic E-state index is -2.23. The van der Waals surface area contributed by atoms with E-state index in [0.717, 1.165) is 0 Å². The van der Waals surface area contributed by atoms with Crippen LogP contribution in [0, 0.1) is 0 Å². The van der Waals surface area contributed by atoms with Crippen molar-refractivity contribution in [3.63, 3.8) is 0 Å². The van der Waals surface area contributed by atoms with Crippen molar-refractivity contribution in [3.05, 3.63) is 22.8 Å². The molecule has 0 bridgehead atoms. The van der Waals surface area contributed by atoms with Crippen LogP contribution in [0.5, 0.6) is 0 Å². The molecule has 0 amide bonds. The number of rotatable bonds is 1. The van der Waals surface area contributed by atoms with Gasteiger partial charge in [-0.3, -0.25) is 4.21 Å². The van der Waals surface area contributed by atoms with E-state index in [0.29, 0.717) is 4.60 Å². The molecule has 0 radical (unpaired) electrons. The first kappa shape index (κ1) is 7.84. The van der Waals surface area contributed by atoms with Crippen LogP contribution < -0.4 is 0 Å². The molecule has 10 heavy (non-hydrogen) atoms. The van der Waals surface area contributed by atoms with Crippen LogP contribution in [0.3, 0.4) is 0 Å².